The zero-order valence-electron chi connectivity index (χ0n) is 22.0. The van der Waals surface area contributed by atoms with Gasteiger partial charge in [-0.3, -0.25) is 9.59 Å². The second-order valence-corrected chi connectivity index (χ2v) is 10.1. The van der Waals surface area contributed by atoms with Crippen LogP contribution < -0.4 is 14.2 Å². The van der Waals surface area contributed by atoms with Crippen molar-refractivity contribution in [2.24, 2.45) is 5.92 Å². The van der Waals surface area contributed by atoms with Gasteiger partial charge in [-0.15, -0.1) is 0 Å². The Balaban J connectivity index is 1.73. The maximum absolute atomic E-state index is 13.3. The highest BCUT2D eigenvalue weighted by molar-refractivity contribution is 6.46. The van der Waals surface area contributed by atoms with E-state index in [4.69, 9.17) is 14.2 Å². The topological polar surface area (TPSA) is 88.5 Å². The van der Waals surface area contributed by atoms with Gasteiger partial charge in [-0.2, -0.15) is 0 Å². The molecule has 2 aromatic carbocycles. The maximum atomic E-state index is 13.3. The predicted molar refractivity (Wildman–Crippen MR) is 141 cm³/mol. The van der Waals surface area contributed by atoms with Crippen molar-refractivity contribution >= 4 is 17.4 Å². The van der Waals surface area contributed by atoms with E-state index < -0.39 is 17.7 Å². The Morgan fingerprint density at radius 3 is 2.59 bits per heavy atom. The summed E-state index contributed by atoms with van der Waals surface area (Å²) in [6.07, 6.45) is 1.60. The van der Waals surface area contributed by atoms with Gasteiger partial charge in [0.1, 0.15) is 24.7 Å². The number of aliphatic hydroxyl groups excluding tert-OH is 1. The molecule has 4 rings (SSSR count). The number of fused-ring (bicyclic) bond motifs is 1. The highest BCUT2D eigenvalue weighted by Gasteiger charge is 2.46. The molecule has 1 saturated heterocycles. The lowest BCUT2D eigenvalue weighted by Crippen LogP contribution is -2.32. The summed E-state index contributed by atoms with van der Waals surface area (Å²) < 4.78 is 17.2. The van der Waals surface area contributed by atoms with Crippen molar-refractivity contribution in [1.29, 1.82) is 0 Å². The fourth-order valence-electron chi connectivity index (χ4n) is 4.55. The molecule has 0 bridgehead atoms. The van der Waals surface area contributed by atoms with Crippen LogP contribution in [0.4, 0.5) is 0 Å². The van der Waals surface area contributed by atoms with E-state index in [9.17, 15) is 14.7 Å². The number of aliphatic hydroxyl groups is 1. The molecule has 0 aromatic heterocycles. The van der Waals surface area contributed by atoms with Gasteiger partial charge < -0.3 is 29.1 Å². The van der Waals surface area contributed by atoms with Gasteiger partial charge in [0.2, 0.25) is 0 Å². The summed E-state index contributed by atoms with van der Waals surface area (Å²) in [6.45, 7) is 6.84. The highest BCUT2D eigenvalue weighted by atomic mass is 16.6. The van der Waals surface area contributed by atoms with Gasteiger partial charge in [0.25, 0.3) is 11.7 Å². The Kier molecular flexibility index (Phi) is 8.38. The number of ether oxygens (including phenoxy) is 3. The van der Waals surface area contributed by atoms with E-state index in [0.717, 1.165) is 13.0 Å². The van der Waals surface area contributed by atoms with E-state index in [2.05, 4.69) is 13.8 Å². The largest absolute Gasteiger partial charge is 0.507 e. The summed E-state index contributed by atoms with van der Waals surface area (Å²) in [5, 5.41) is 11.4. The number of nitrogens with zero attached hydrogens (tertiary/aromatic N) is 2. The van der Waals surface area contributed by atoms with E-state index in [1.807, 2.05) is 43.3 Å². The molecule has 37 heavy (non-hydrogen) atoms. The van der Waals surface area contributed by atoms with Gasteiger partial charge in [-0.05, 0) is 75.3 Å². The van der Waals surface area contributed by atoms with Crippen molar-refractivity contribution < 1.29 is 28.9 Å². The molecule has 8 nitrogen and oxygen atoms in total. The van der Waals surface area contributed by atoms with Crippen LogP contribution in [0.5, 0.6) is 17.2 Å². The molecule has 2 aliphatic rings. The van der Waals surface area contributed by atoms with Crippen LogP contribution in [0.3, 0.4) is 0 Å². The SMILES string of the molecule is CC(C)CCOc1cccc([C@@H]2/C(=C(\O)c3ccc4c(c3)OCCO4)C(=O)C(=O)N2CCCN(C)C)c1. The summed E-state index contributed by atoms with van der Waals surface area (Å²) in [5.41, 5.74) is 1.17. The van der Waals surface area contributed by atoms with Crippen LogP contribution in [-0.2, 0) is 9.59 Å². The minimum atomic E-state index is -0.732. The van der Waals surface area contributed by atoms with Crippen molar-refractivity contribution in [3.05, 3.63) is 59.2 Å². The Morgan fingerprint density at radius 2 is 1.86 bits per heavy atom. The molecular weight excluding hydrogens is 472 g/mol. The standard InChI is InChI=1S/C29H36N2O6/c1-19(2)11-14-35-22-8-5-7-20(17-22)26-25(28(33)29(34)31(26)13-6-12-30(3)4)27(32)21-9-10-23-24(18-21)37-16-15-36-23/h5,7-10,17-19,26,32H,6,11-16H2,1-4H3/b27-25+/t26-/m1/s1. The molecule has 2 aliphatic heterocycles. The van der Waals surface area contributed by atoms with Crippen molar-refractivity contribution in [3.8, 4) is 17.2 Å². The lowest BCUT2D eigenvalue weighted by atomic mass is 9.95. The van der Waals surface area contributed by atoms with Crippen LogP contribution in [0.25, 0.3) is 5.76 Å². The number of rotatable bonds is 10. The van der Waals surface area contributed by atoms with Crippen LogP contribution in [0.2, 0.25) is 0 Å². The monoisotopic (exact) mass is 508 g/mol. The number of amides is 1. The molecule has 0 spiro atoms. The normalized spacial score (nSPS) is 18.6. The number of hydrogen-bond acceptors (Lipinski definition) is 7. The Morgan fingerprint density at radius 1 is 1.11 bits per heavy atom. The number of ketones is 1. The summed E-state index contributed by atoms with van der Waals surface area (Å²) in [4.78, 5) is 30.1. The minimum absolute atomic E-state index is 0.0610. The molecule has 2 heterocycles. The average Bonchev–Trinajstić information content (AvgIpc) is 3.13. The third kappa shape index (κ3) is 6.07. The van der Waals surface area contributed by atoms with Crippen molar-refractivity contribution in [1.82, 2.24) is 9.80 Å². The second-order valence-electron chi connectivity index (χ2n) is 10.1. The third-order valence-electron chi connectivity index (χ3n) is 6.50. The van der Waals surface area contributed by atoms with Gasteiger partial charge in [0.15, 0.2) is 11.5 Å². The Bertz CT molecular complexity index is 1170. The molecule has 198 valence electrons. The van der Waals surface area contributed by atoms with Gasteiger partial charge in [-0.1, -0.05) is 26.0 Å². The molecule has 0 aliphatic carbocycles. The van der Waals surface area contributed by atoms with E-state index in [-0.39, 0.29) is 11.3 Å². The molecule has 2 aromatic rings. The predicted octanol–water partition coefficient (Wildman–Crippen LogP) is 4.26. The molecule has 8 heteroatoms. The first-order valence-corrected chi connectivity index (χ1v) is 12.8. The molecular formula is C29H36N2O6. The first-order valence-electron chi connectivity index (χ1n) is 12.8. The summed E-state index contributed by atoms with van der Waals surface area (Å²) in [5.74, 6) is 0.695. The Labute approximate surface area is 218 Å². The van der Waals surface area contributed by atoms with E-state index in [1.54, 1.807) is 23.1 Å². The van der Waals surface area contributed by atoms with Crippen LogP contribution in [-0.4, -0.2) is 73.6 Å². The van der Waals surface area contributed by atoms with Crippen LogP contribution >= 0.6 is 0 Å². The fourth-order valence-corrected chi connectivity index (χ4v) is 4.55. The number of Topliss-reactive ketones (excluding diaryl/α,β-unsaturated/α-hetero) is 1. The van der Waals surface area contributed by atoms with Crippen LogP contribution in [0.1, 0.15) is 43.9 Å². The lowest BCUT2D eigenvalue weighted by molar-refractivity contribution is -0.139. The quantitative estimate of drug-likeness (QED) is 0.292. The molecule has 0 saturated carbocycles. The van der Waals surface area contributed by atoms with Gasteiger partial charge in [-0.25, -0.2) is 0 Å². The molecule has 0 radical (unpaired) electrons. The molecule has 1 fully saturated rings. The molecule has 1 N–H and O–H groups in total. The van der Waals surface area contributed by atoms with Gasteiger partial charge in [0, 0.05) is 12.1 Å². The highest BCUT2D eigenvalue weighted by Crippen LogP contribution is 2.41. The average molecular weight is 509 g/mol. The Hall–Kier alpha value is -3.52. The van der Waals surface area contributed by atoms with Crippen LogP contribution in [0, 0.1) is 5.92 Å². The lowest BCUT2D eigenvalue weighted by Gasteiger charge is -2.26. The molecule has 0 unspecified atom stereocenters. The first-order chi connectivity index (χ1) is 17.8. The number of carbonyl (C=O) groups excluding carboxylic acids is 2. The summed E-state index contributed by atoms with van der Waals surface area (Å²) in [6, 6.07) is 11.7. The number of carbonyl (C=O) groups is 2. The first kappa shape index (κ1) is 26.5. The van der Waals surface area contributed by atoms with E-state index in [1.165, 1.54) is 0 Å². The summed E-state index contributed by atoms with van der Waals surface area (Å²) in [7, 11) is 3.93. The van der Waals surface area contributed by atoms with E-state index >= 15 is 0 Å². The zero-order valence-corrected chi connectivity index (χ0v) is 22.0. The zero-order chi connectivity index (χ0) is 26.5. The molecule has 1 atom stereocenters. The van der Waals surface area contributed by atoms with E-state index in [0.29, 0.717) is 67.1 Å². The van der Waals surface area contributed by atoms with Gasteiger partial charge >= 0.3 is 0 Å². The minimum Gasteiger partial charge on any atom is -0.507 e. The number of benzene rings is 2. The number of hydrogen-bond donors (Lipinski definition) is 1. The smallest absolute Gasteiger partial charge is 0.295 e. The fraction of sp³-hybridized carbons (Fsp3) is 0.448. The number of likely N-dealkylation sites (tertiary alicyclic amines) is 1. The summed E-state index contributed by atoms with van der Waals surface area (Å²) >= 11 is 0. The van der Waals surface area contributed by atoms with Crippen molar-refractivity contribution in [3.63, 3.8) is 0 Å². The third-order valence-corrected chi connectivity index (χ3v) is 6.50. The van der Waals surface area contributed by atoms with Crippen molar-refractivity contribution in [2.75, 3.05) is 47.0 Å². The molecule has 1 amide bonds. The second kappa shape index (κ2) is 11.7. The van der Waals surface area contributed by atoms with Gasteiger partial charge in [0.05, 0.1) is 18.2 Å². The van der Waals surface area contributed by atoms with Crippen molar-refractivity contribution in [2.45, 2.75) is 32.7 Å². The van der Waals surface area contributed by atoms with Crippen LogP contribution in [0.15, 0.2) is 48.0 Å². The maximum Gasteiger partial charge on any atom is 0.295 e.